The van der Waals surface area contributed by atoms with Gasteiger partial charge in [0, 0.05) is 26.9 Å². The van der Waals surface area contributed by atoms with Gasteiger partial charge in [-0.15, -0.1) is 0 Å². The first-order valence-corrected chi connectivity index (χ1v) is 12.4. The number of aromatic nitrogens is 1. The summed E-state index contributed by atoms with van der Waals surface area (Å²) in [6.45, 7) is 4.66. The van der Waals surface area contributed by atoms with Crippen LogP contribution in [0.25, 0.3) is 49.7 Å². The molecular formula is C33H24ClN. The normalized spacial score (nSPS) is 13.8. The molecule has 0 spiro atoms. The highest BCUT2D eigenvalue weighted by atomic mass is 35.5. The first-order chi connectivity index (χ1) is 17.0. The lowest BCUT2D eigenvalue weighted by Gasteiger charge is -2.21. The quantitative estimate of drug-likeness (QED) is 0.238. The Balaban J connectivity index is 1.51. The summed E-state index contributed by atoms with van der Waals surface area (Å²) < 4.78 is 2.41. The van der Waals surface area contributed by atoms with E-state index < -0.39 is 0 Å². The fraction of sp³-hybridized carbons (Fsp3) is 0.0909. The third-order valence-corrected chi connectivity index (χ3v) is 7.93. The molecule has 1 aliphatic carbocycles. The number of fused-ring (bicyclic) bond motifs is 6. The van der Waals surface area contributed by atoms with E-state index in [1.165, 1.54) is 55.3 Å². The van der Waals surface area contributed by atoms with Crippen LogP contribution in [-0.2, 0) is 5.41 Å². The highest BCUT2D eigenvalue weighted by Crippen LogP contribution is 2.49. The van der Waals surface area contributed by atoms with Crippen LogP contribution >= 0.6 is 11.6 Å². The largest absolute Gasteiger partial charge is 0.309 e. The molecule has 0 unspecified atom stereocenters. The topological polar surface area (TPSA) is 4.93 Å². The van der Waals surface area contributed by atoms with Crippen molar-refractivity contribution in [2.45, 2.75) is 19.3 Å². The number of rotatable bonds is 2. The Morgan fingerprint density at radius 2 is 1.26 bits per heavy atom. The second kappa shape index (κ2) is 7.34. The van der Waals surface area contributed by atoms with E-state index in [1.54, 1.807) is 0 Å². The Morgan fingerprint density at radius 1 is 0.571 bits per heavy atom. The molecule has 5 aromatic carbocycles. The number of hydrogen-bond donors (Lipinski definition) is 0. The van der Waals surface area contributed by atoms with E-state index >= 15 is 0 Å². The molecule has 1 aliphatic rings. The Labute approximate surface area is 210 Å². The molecule has 6 aromatic rings. The summed E-state index contributed by atoms with van der Waals surface area (Å²) in [6, 6.07) is 39.4. The molecule has 0 amide bonds. The van der Waals surface area contributed by atoms with Crippen molar-refractivity contribution in [3.8, 4) is 27.9 Å². The van der Waals surface area contributed by atoms with E-state index in [2.05, 4.69) is 115 Å². The van der Waals surface area contributed by atoms with E-state index in [1.807, 2.05) is 12.1 Å². The van der Waals surface area contributed by atoms with Gasteiger partial charge in [-0.3, -0.25) is 0 Å². The fourth-order valence-electron chi connectivity index (χ4n) is 5.92. The standard InChI is InChI=1S/C33H24ClN/c1-33(2)29-9-5-3-7-25(29)28-20-24(16-18-30(28)33)35-31-10-6-4-8-26(31)27-17-13-22(19-32(27)35)21-11-14-23(34)15-12-21/h3-20H,1-2H3. The molecule has 0 saturated carbocycles. The Bertz CT molecular complexity index is 1770. The van der Waals surface area contributed by atoms with Crippen molar-refractivity contribution >= 4 is 33.4 Å². The van der Waals surface area contributed by atoms with Crippen LogP contribution in [0.15, 0.2) is 109 Å². The second-order valence-corrected chi connectivity index (χ2v) is 10.4. The van der Waals surface area contributed by atoms with Gasteiger partial charge < -0.3 is 4.57 Å². The molecule has 7 rings (SSSR count). The van der Waals surface area contributed by atoms with Gasteiger partial charge in [0.15, 0.2) is 0 Å². The van der Waals surface area contributed by atoms with E-state index in [0.717, 1.165) is 10.6 Å². The van der Waals surface area contributed by atoms with Crippen LogP contribution in [0.3, 0.4) is 0 Å². The zero-order valence-electron chi connectivity index (χ0n) is 19.7. The van der Waals surface area contributed by atoms with Crippen LogP contribution < -0.4 is 0 Å². The summed E-state index contributed by atoms with van der Waals surface area (Å²) in [4.78, 5) is 0. The van der Waals surface area contributed by atoms with Crippen molar-refractivity contribution < 1.29 is 0 Å². The average molecular weight is 470 g/mol. The average Bonchev–Trinajstić information content (AvgIpc) is 3.33. The minimum atomic E-state index is 0.00698. The van der Waals surface area contributed by atoms with Gasteiger partial charge in [-0.25, -0.2) is 0 Å². The monoisotopic (exact) mass is 469 g/mol. The molecule has 35 heavy (non-hydrogen) atoms. The molecule has 0 N–H and O–H groups in total. The van der Waals surface area contributed by atoms with Gasteiger partial charge in [0.2, 0.25) is 0 Å². The van der Waals surface area contributed by atoms with Crippen molar-refractivity contribution in [3.63, 3.8) is 0 Å². The number of halogens is 1. The first-order valence-electron chi connectivity index (χ1n) is 12.1. The molecule has 0 atom stereocenters. The first kappa shape index (κ1) is 20.6. The smallest absolute Gasteiger partial charge is 0.0547 e. The molecule has 1 aromatic heterocycles. The van der Waals surface area contributed by atoms with Crippen LogP contribution in [0.4, 0.5) is 0 Å². The summed E-state index contributed by atoms with van der Waals surface area (Å²) in [7, 11) is 0. The summed E-state index contributed by atoms with van der Waals surface area (Å²) in [6.07, 6.45) is 0. The van der Waals surface area contributed by atoms with Crippen LogP contribution in [0, 0.1) is 0 Å². The lowest BCUT2D eigenvalue weighted by Crippen LogP contribution is -2.14. The van der Waals surface area contributed by atoms with E-state index in [9.17, 15) is 0 Å². The van der Waals surface area contributed by atoms with E-state index in [-0.39, 0.29) is 5.41 Å². The third-order valence-electron chi connectivity index (χ3n) is 7.68. The second-order valence-electron chi connectivity index (χ2n) is 9.99. The molecule has 0 radical (unpaired) electrons. The van der Waals surface area contributed by atoms with Gasteiger partial charge in [-0.05, 0) is 69.8 Å². The van der Waals surface area contributed by atoms with Crippen molar-refractivity contribution in [1.29, 1.82) is 0 Å². The molecule has 2 heteroatoms. The van der Waals surface area contributed by atoms with Gasteiger partial charge in [-0.2, -0.15) is 0 Å². The Kier molecular flexibility index (Phi) is 4.31. The maximum absolute atomic E-state index is 6.15. The summed E-state index contributed by atoms with van der Waals surface area (Å²) in [5.41, 5.74) is 11.5. The van der Waals surface area contributed by atoms with Gasteiger partial charge in [-0.1, -0.05) is 98.2 Å². The Morgan fingerprint density at radius 3 is 2.11 bits per heavy atom. The number of hydrogen-bond acceptors (Lipinski definition) is 0. The van der Waals surface area contributed by atoms with Crippen LogP contribution in [-0.4, -0.2) is 4.57 Å². The molecule has 168 valence electrons. The minimum absolute atomic E-state index is 0.00698. The third kappa shape index (κ3) is 2.95. The molecule has 1 nitrogen and oxygen atoms in total. The number of para-hydroxylation sites is 1. The molecule has 1 heterocycles. The maximum atomic E-state index is 6.15. The predicted octanol–water partition coefficient (Wildman–Crippen LogP) is 9.41. The van der Waals surface area contributed by atoms with Crippen molar-refractivity contribution in [3.05, 3.63) is 125 Å². The van der Waals surface area contributed by atoms with Crippen molar-refractivity contribution in [2.24, 2.45) is 0 Å². The predicted molar refractivity (Wildman–Crippen MR) is 149 cm³/mol. The van der Waals surface area contributed by atoms with Gasteiger partial charge >= 0.3 is 0 Å². The highest BCUT2D eigenvalue weighted by molar-refractivity contribution is 6.30. The van der Waals surface area contributed by atoms with Crippen LogP contribution in [0.5, 0.6) is 0 Å². The molecule has 0 saturated heterocycles. The molecular weight excluding hydrogens is 446 g/mol. The lowest BCUT2D eigenvalue weighted by atomic mass is 9.82. The summed E-state index contributed by atoms with van der Waals surface area (Å²) in [5, 5.41) is 3.29. The van der Waals surface area contributed by atoms with Crippen LogP contribution in [0.2, 0.25) is 5.02 Å². The summed E-state index contributed by atoms with van der Waals surface area (Å²) >= 11 is 6.15. The maximum Gasteiger partial charge on any atom is 0.0547 e. The fourth-order valence-corrected chi connectivity index (χ4v) is 6.04. The minimum Gasteiger partial charge on any atom is -0.309 e. The number of nitrogens with zero attached hydrogens (tertiary/aromatic N) is 1. The number of benzene rings is 5. The van der Waals surface area contributed by atoms with Gasteiger partial charge in [0.25, 0.3) is 0 Å². The SMILES string of the molecule is CC1(C)c2ccccc2-c2cc(-n3c4ccccc4c4ccc(-c5ccc(Cl)cc5)cc43)ccc21. The van der Waals surface area contributed by atoms with Crippen molar-refractivity contribution in [2.75, 3.05) is 0 Å². The van der Waals surface area contributed by atoms with Gasteiger partial charge in [0.1, 0.15) is 0 Å². The van der Waals surface area contributed by atoms with E-state index in [4.69, 9.17) is 11.6 Å². The summed E-state index contributed by atoms with van der Waals surface area (Å²) in [5.74, 6) is 0. The highest BCUT2D eigenvalue weighted by Gasteiger charge is 2.35. The molecule has 0 bridgehead atoms. The lowest BCUT2D eigenvalue weighted by molar-refractivity contribution is 0.660. The van der Waals surface area contributed by atoms with Crippen LogP contribution in [0.1, 0.15) is 25.0 Å². The molecule has 0 fully saturated rings. The zero-order valence-corrected chi connectivity index (χ0v) is 20.5. The molecule has 0 aliphatic heterocycles. The van der Waals surface area contributed by atoms with E-state index in [0.29, 0.717) is 0 Å². The Hall–Kier alpha value is -3.81. The zero-order chi connectivity index (χ0) is 23.7. The van der Waals surface area contributed by atoms with Crippen molar-refractivity contribution in [1.82, 2.24) is 4.57 Å². The van der Waals surface area contributed by atoms with Gasteiger partial charge in [0.05, 0.1) is 11.0 Å².